The van der Waals surface area contributed by atoms with Crippen LogP contribution in [0.1, 0.15) is 30.5 Å². The first-order valence-corrected chi connectivity index (χ1v) is 6.84. The lowest BCUT2D eigenvalue weighted by Crippen LogP contribution is -1.99. The number of nitrogens with one attached hydrogen (secondary N) is 1. The van der Waals surface area contributed by atoms with E-state index in [2.05, 4.69) is 27.6 Å². The molecule has 0 saturated heterocycles. The van der Waals surface area contributed by atoms with E-state index in [4.69, 9.17) is 4.74 Å². The van der Waals surface area contributed by atoms with Crippen molar-refractivity contribution in [3.8, 4) is 0 Å². The van der Waals surface area contributed by atoms with Gasteiger partial charge in [-0.3, -0.25) is 0 Å². The first-order valence-electron chi connectivity index (χ1n) is 6.02. The number of aromatic nitrogens is 2. The molecule has 1 aromatic heterocycles. The molecule has 0 spiro atoms. The number of benzene rings is 1. The minimum absolute atomic E-state index is 0.0673. The zero-order valence-corrected chi connectivity index (χ0v) is 11.4. The number of nitrogens with zero attached hydrogens (tertiary/aromatic N) is 2. The van der Waals surface area contributed by atoms with Gasteiger partial charge in [0.05, 0.1) is 6.10 Å². The fraction of sp³-hybridized carbons (Fsp3) is 0.385. The molecule has 2 rings (SSSR count). The van der Waals surface area contributed by atoms with Crippen LogP contribution in [0.5, 0.6) is 0 Å². The van der Waals surface area contributed by atoms with Crippen LogP contribution in [0, 0.1) is 0 Å². The van der Waals surface area contributed by atoms with Crippen molar-refractivity contribution in [2.45, 2.75) is 26.6 Å². The maximum Gasteiger partial charge on any atom is 0.205 e. The number of hydrogen-bond donors (Lipinski definition) is 1. The van der Waals surface area contributed by atoms with E-state index in [0.717, 1.165) is 16.7 Å². The van der Waals surface area contributed by atoms with Crippen molar-refractivity contribution < 1.29 is 4.74 Å². The molecule has 0 radical (unpaired) electrons. The van der Waals surface area contributed by atoms with Crippen LogP contribution in [0.4, 0.5) is 5.13 Å². The molecule has 0 aliphatic heterocycles. The molecule has 0 aliphatic rings. The van der Waals surface area contributed by atoms with E-state index in [1.165, 1.54) is 16.9 Å². The van der Waals surface area contributed by atoms with Gasteiger partial charge in [0.2, 0.25) is 5.13 Å². The second-order valence-corrected chi connectivity index (χ2v) is 4.96. The van der Waals surface area contributed by atoms with Gasteiger partial charge in [-0.25, -0.2) is 0 Å². The van der Waals surface area contributed by atoms with Gasteiger partial charge in [-0.2, -0.15) is 0 Å². The van der Waals surface area contributed by atoms with Gasteiger partial charge in [0, 0.05) is 6.54 Å². The Balaban J connectivity index is 1.87. The molecule has 0 amide bonds. The van der Waals surface area contributed by atoms with Gasteiger partial charge in [0.1, 0.15) is 11.6 Å². The molecule has 0 bridgehead atoms. The zero-order chi connectivity index (χ0) is 12.8. The van der Waals surface area contributed by atoms with Crippen LogP contribution in [0.3, 0.4) is 0 Å². The Hall–Kier alpha value is -1.46. The number of anilines is 1. The molecule has 1 heterocycles. The number of hydrogen-bond acceptors (Lipinski definition) is 5. The van der Waals surface area contributed by atoms with Gasteiger partial charge in [-0.05, 0) is 19.4 Å². The van der Waals surface area contributed by atoms with Crippen molar-refractivity contribution in [1.29, 1.82) is 0 Å². The highest BCUT2D eigenvalue weighted by Gasteiger charge is 2.08. The Kier molecular flexibility index (Phi) is 4.66. The second kappa shape index (κ2) is 6.47. The third-order valence-electron chi connectivity index (χ3n) is 2.52. The van der Waals surface area contributed by atoms with Crippen LogP contribution >= 0.6 is 11.3 Å². The van der Waals surface area contributed by atoms with Gasteiger partial charge >= 0.3 is 0 Å². The summed E-state index contributed by atoms with van der Waals surface area (Å²) in [7, 11) is 0. The molecule has 96 valence electrons. The minimum atomic E-state index is 0.0673. The first-order chi connectivity index (χ1) is 8.79. The Labute approximate surface area is 111 Å². The third-order valence-corrected chi connectivity index (χ3v) is 3.38. The summed E-state index contributed by atoms with van der Waals surface area (Å²) in [5.41, 5.74) is 1.17. The van der Waals surface area contributed by atoms with E-state index in [-0.39, 0.29) is 6.10 Å². The largest absolute Gasteiger partial charge is 0.367 e. The Morgan fingerprint density at radius 1 is 1.28 bits per heavy atom. The highest BCUT2D eigenvalue weighted by molar-refractivity contribution is 7.15. The first kappa shape index (κ1) is 13.0. The summed E-state index contributed by atoms with van der Waals surface area (Å²) in [5, 5.41) is 13.0. The number of rotatable bonds is 6. The second-order valence-electron chi connectivity index (χ2n) is 3.90. The molecule has 1 atom stereocenters. The van der Waals surface area contributed by atoms with Gasteiger partial charge in [-0.1, -0.05) is 41.7 Å². The van der Waals surface area contributed by atoms with E-state index < -0.39 is 0 Å². The van der Waals surface area contributed by atoms with Gasteiger partial charge in [0.15, 0.2) is 0 Å². The molecule has 1 aromatic carbocycles. The number of ether oxygens (including phenoxy) is 1. The summed E-state index contributed by atoms with van der Waals surface area (Å²) in [6, 6.07) is 10.2. The topological polar surface area (TPSA) is 47.0 Å². The summed E-state index contributed by atoms with van der Waals surface area (Å²) in [5.74, 6) is 0. The Bertz CT molecular complexity index is 472. The smallest absolute Gasteiger partial charge is 0.205 e. The van der Waals surface area contributed by atoms with Crippen molar-refractivity contribution in [3.63, 3.8) is 0 Å². The van der Waals surface area contributed by atoms with Crippen molar-refractivity contribution in [3.05, 3.63) is 40.9 Å². The van der Waals surface area contributed by atoms with E-state index in [1.807, 2.05) is 32.0 Å². The molecule has 0 saturated carbocycles. The maximum atomic E-state index is 5.79. The predicted octanol–water partition coefficient (Wildman–Crippen LogP) is 3.25. The van der Waals surface area contributed by atoms with Crippen LogP contribution in [0.25, 0.3) is 0 Å². The van der Waals surface area contributed by atoms with E-state index in [0.29, 0.717) is 6.61 Å². The average Bonchev–Trinajstić information content (AvgIpc) is 2.85. The normalized spacial score (nSPS) is 12.3. The highest BCUT2D eigenvalue weighted by Crippen LogP contribution is 2.21. The van der Waals surface area contributed by atoms with Gasteiger partial charge < -0.3 is 10.1 Å². The third kappa shape index (κ3) is 3.51. The Morgan fingerprint density at radius 3 is 2.78 bits per heavy atom. The van der Waals surface area contributed by atoms with Gasteiger partial charge in [0.25, 0.3) is 0 Å². The molecule has 5 heteroatoms. The molecular formula is C13H17N3OS. The molecule has 0 fully saturated rings. The lowest BCUT2D eigenvalue weighted by molar-refractivity contribution is 0.0521. The molecule has 18 heavy (non-hydrogen) atoms. The van der Waals surface area contributed by atoms with E-state index >= 15 is 0 Å². The van der Waals surface area contributed by atoms with E-state index in [1.54, 1.807) is 0 Å². The van der Waals surface area contributed by atoms with Crippen LogP contribution in [-0.4, -0.2) is 16.7 Å². The van der Waals surface area contributed by atoms with E-state index in [9.17, 15) is 0 Å². The molecule has 2 aromatic rings. The summed E-state index contributed by atoms with van der Waals surface area (Å²) in [6.45, 7) is 5.44. The predicted molar refractivity (Wildman–Crippen MR) is 73.7 cm³/mol. The van der Waals surface area contributed by atoms with Crippen molar-refractivity contribution in [1.82, 2.24) is 10.2 Å². The molecule has 4 nitrogen and oxygen atoms in total. The van der Waals surface area contributed by atoms with Crippen molar-refractivity contribution in [2.75, 3.05) is 11.9 Å². The molecule has 0 aliphatic carbocycles. The average molecular weight is 263 g/mol. The van der Waals surface area contributed by atoms with Crippen LogP contribution in [0.2, 0.25) is 0 Å². The van der Waals surface area contributed by atoms with Crippen LogP contribution in [0.15, 0.2) is 30.3 Å². The summed E-state index contributed by atoms with van der Waals surface area (Å²) in [4.78, 5) is 0. The highest BCUT2D eigenvalue weighted by atomic mass is 32.1. The fourth-order valence-corrected chi connectivity index (χ4v) is 2.28. The molecular weight excluding hydrogens is 246 g/mol. The van der Waals surface area contributed by atoms with Crippen molar-refractivity contribution in [2.24, 2.45) is 0 Å². The zero-order valence-electron chi connectivity index (χ0n) is 10.6. The van der Waals surface area contributed by atoms with Crippen molar-refractivity contribution >= 4 is 16.5 Å². The Morgan fingerprint density at radius 2 is 2.06 bits per heavy atom. The van der Waals surface area contributed by atoms with Crippen LogP contribution in [-0.2, 0) is 11.3 Å². The quantitative estimate of drug-likeness (QED) is 0.869. The maximum absolute atomic E-state index is 5.79. The summed E-state index contributed by atoms with van der Waals surface area (Å²) >= 11 is 1.54. The summed E-state index contributed by atoms with van der Waals surface area (Å²) < 4.78 is 5.79. The standard InChI is InChI=1S/C13H17N3OS/c1-3-14-13-16-15-12(18-13)9-17-10(2)11-7-5-4-6-8-11/h4-8,10H,3,9H2,1-2H3,(H,14,16). The molecule has 1 unspecified atom stereocenters. The minimum Gasteiger partial charge on any atom is -0.367 e. The lowest BCUT2D eigenvalue weighted by atomic mass is 10.1. The lowest BCUT2D eigenvalue weighted by Gasteiger charge is -2.11. The van der Waals surface area contributed by atoms with Crippen LogP contribution < -0.4 is 5.32 Å². The SMILES string of the molecule is CCNc1nnc(COC(C)c2ccccc2)s1. The summed E-state index contributed by atoms with van der Waals surface area (Å²) in [6.07, 6.45) is 0.0673. The monoisotopic (exact) mass is 263 g/mol. The molecule has 1 N–H and O–H groups in total. The van der Waals surface area contributed by atoms with Gasteiger partial charge in [-0.15, -0.1) is 10.2 Å². The fourth-order valence-electron chi connectivity index (χ4n) is 1.55.